The molecule has 1 fully saturated rings. The number of anilines is 1. The van der Waals surface area contributed by atoms with E-state index in [9.17, 15) is 4.79 Å². The van der Waals surface area contributed by atoms with Gasteiger partial charge in [-0.3, -0.25) is 9.79 Å². The molecule has 156 valence electrons. The van der Waals surface area contributed by atoms with E-state index in [1.807, 2.05) is 19.1 Å². The monoisotopic (exact) mass is 507 g/mol. The van der Waals surface area contributed by atoms with Gasteiger partial charge in [0.05, 0.1) is 0 Å². The molecule has 2 aromatic rings. The lowest BCUT2D eigenvalue weighted by Gasteiger charge is -2.21. The van der Waals surface area contributed by atoms with E-state index in [1.54, 1.807) is 13.1 Å². The van der Waals surface area contributed by atoms with Crippen LogP contribution in [0.5, 0.6) is 0 Å². The van der Waals surface area contributed by atoms with Gasteiger partial charge in [-0.1, -0.05) is 36.4 Å². The minimum atomic E-state index is -0.0515. The van der Waals surface area contributed by atoms with Crippen molar-refractivity contribution in [1.29, 1.82) is 0 Å². The van der Waals surface area contributed by atoms with E-state index in [-0.39, 0.29) is 29.9 Å². The molecule has 1 aromatic carbocycles. The first-order valence-electron chi connectivity index (χ1n) is 9.87. The average molecular weight is 507 g/mol. The molecule has 2 heterocycles. The number of hydrogen-bond donors (Lipinski definition) is 2. The van der Waals surface area contributed by atoms with Crippen LogP contribution in [0.25, 0.3) is 0 Å². The highest BCUT2D eigenvalue weighted by molar-refractivity contribution is 14.0. The molecule has 1 saturated heterocycles. The highest BCUT2D eigenvalue weighted by Gasteiger charge is 2.24. The molecule has 29 heavy (non-hydrogen) atoms. The topological polar surface area (TPSA) is 69.6 Å². The van der Waals surface area contributed by atoms with Gasteiger partial charge in [-0.05, 0) is 43.4 Å². The first-order valence-corrected chi connectivity index (χ1v) is 9.87. The van der Waals surface area contributed by atoms with Crippen LogP contribution in [0.15, 0.2) is 53.5 Å². The zero-order valence-corrected chi connectivity index (χ0v) is 19.4. The smallest absolute Gasteiger partial charge is 0.227 e. The Hall–Kier alpha value is -2.16. The van der Waals surface area contributed by atoms with Crippen molar-refractivity contribution in [2.24, 2.45) is 10.9 Å². The Labute approximate surface area is 190 Å². The van der Waals surface area contributed by atoms with Crippen molar-refractivity contribution in [3.63, 3.8) is 0 Å². The fourth-order valence-corrected chi connectivity index (χ4v) is 3.58. The lowest BCUT2D eigenvalue weighted by molar-refractivity contribution is -0.116. The predicted molar refractivity (Wildman–Crippen MR) is 129 cm³/mol. The van der Waals surface area contributed by atoms with Gasteiger partial charge in [0.25, 0.3) is 0 Å². The Kier molecular flexibility index (Phi) is 9.37. The molecule has 3 rings (SSSR count). The molecule has 0 spiro atoms. The van der Waals surface area contributed by atoms with Gasteiger partial charge in [0.15, 0.2) is 5.96 Å². The van der Waals surface area contributed by atoms with E-state index >= 15 is 0 Å². The second-order valence-corrected chi connectivity index (χ2v) is 7.23. The molecule has 0 saturated carbocycles. The number of pyridine rings is 1. The van der Waals surface area contributed by atoms with Crippen molar-refractivity contribution >= 4 is 41.7 Å². The molecule has 1 aliphatic rings. The zero-order valence-electron chi connectivity index (χ0n) is 17.1. The summed E-state index contributed by atoms with van der Waals surface area (Å²) >= 11 is 0. The van der Waals surface area contributed by atoms with Crippen LogP contribution in [0, 0.1) is 12.8 Å². The summed E-state index contributed by atoms with van der Waals surface area (Å²) in [4.78, 5) is 23.1. The van der Waals surface area contributed by atoms with Crippen LogP contribution in [0.1, 0.15) is 24.1 Å². The number of aromatic nitrogens is 1. The average Bonchev–Trinajstić information content (AvgIpc) is 3.14. The Morgan fingerprint density at radius 1 is 1.21 bits per heavy atom. The third kappa shape index (κ3) is 7.30. The molecule has 1 aromatic heterocycles. The van der Waals surface area contributed by atoms with Crippen molar-refractivity contribution in [2.45, 2.75) is 26.2 Å². The number of halogens is 1. The Morgan fingerprint density at radius 3 is 2.72 bits per heavy atom. The van der Waals surface area contributed by atoms with Gasteiger partial charge in [0.1, 0.15) is 5.82 Å². The van der Waals surface area contributed by atoms with E-state index in [1.165, 1.54) is 5.56 Å². The third-order valence-electron chi connectivity index (χ3n) is 4.96. The fraction of sp³-hybridized carbons (Fsp3) is 0.409. The number of nitrogens with one attached hydrogen (secondary N) is 2. The molecule has 1 atom stereocenters. The van der Waals surface area contributed by atoms with E-state index in [2.05, 4.69) is 55.8 Å². The van der Waals surface area contributed by atoms with Gasteiger partial charge in [-0.25, -0.2) is 4.98 Å². The van der Waals surface area contributed by atoms with Gasteiger partial charge in [-0.15, -0.1) is 24.0 Å². The normalized spacial score (nSPS) is 16.3. The molecule has 0 radical (unpaired) electrons. The van der Waals surface area contributed by atoms with E-state index in [0.29, 0.717) is 24.7 Å². The van der Waals surface area contributed by atoms with Crippen molar-refractivity contribution in [2.75, 3.05) is 32.0 Å². The number of carbonyl (C=O) groups excluding carboxylic acids is 1. The maximum atomic E-state index is 12.1. The quantitative estimate of drug-likeness (QED) is 0.357. The number of hydrogen-bond acceptors (Lipinski definition) is 3. The van der Waals surface area contributed by atoms with Crippen molar-refractivity contribution in [3.05, 3.63) is 59.8 Å². The number of carbonyl (C=O) groups is 1. The maximum absolute atomic E-state index is 12.1. The van der Waals surface area contributed by atoms with E-state index in [0.717, 1.165) is 37.6 Å². The molecule has 0 bridgehead atoms. The minimum Gasteiger partial charge on any atom is -0.356 e. The number of guanidine groups is 1. The summed E-state index contributed by atoms with van der Waals surface area (Å²) in [5.74, 6) is 2.05. The minimum absolute atomic E-state index is 0. The van der Waals surface area contributed by atoms with Crippen LogP contribution in [0.2, 0.25) is 0 Å². The molecule has 6 nitrogen and oxygen atoms in total. The molecule has 0 aliphatic carbocycles. The van der Waals surface area contributed by atoms with Crippen LogP contribution in [0.3, 0.4) is 0 Å². The molecule has 2 N–H and O–H groups in total. The number of rotatable bonds is 6. The van der Waals surface area contributed by atoms with E-state index < -0.39 is 0 Å². The van der Waals surface area contributed by atoms with Crippen LogP contribution in [0.4, 0.5) is 5.82 Å². The largest absolute Gasteiger partial charge is 0.356 e. The highest BCUT2D eigenvalue weighted by Crippen LogP contribution is 2.20. The predicted octanol–water partition coefficient (Wildman–Crippen LogP) is 3.48. The van der Waals surface area contributed by atoms with E-state index in [4.69, 9.17) is 0 Å². The summed E-state index contributed by atoms with van der Waals surface area (Å²) in [7, 11) is 1.80. The number of likely N-dealkylation sites (tertiary alicyclic amines) is 1. The fourth-order valence-electron chi connectivity index (χ4n) is 3.58. The number of amides is 1. The SMILES string of the molecule is CN=C(NCCC(=O)Nc1cccc(C)n1)N1CCC(Cc2ccccc2)C1.I. The second-order valence-electron chi connectivity index (χ2n) is 7.23. The number of nitrogens with zero attached hydrogens (tertiary/aromatic N) is 3. The summed E-state index contributed by atoms with van der Waals surface area (Å²) in [5, 5.41) is 6.15. The molecular formula is C22H30IN5O. The first kappa shape index (κ1) is 23.1. The summed E-state index contributed by atoms with van der Waals surface area (Å²) in [6, 6.07) is 16.2. The first-order chi connectivity index (χ1) is 13.6. The molecule has 1 unspecified atom stereocenters. The second kappa shape index (κ2) is 11.7. The summed E-state index contributed by atoms with van der Waals surface area (Å²) in [6.45, 7) is 4.44. The van der Waals surface area contributed by atoms with Gasteiger partial charge >= 0.3 is 0 Å². The van der Waals surface area contributed by atoms with Crippen LogP contribution in [-0.4, -0.2) is 48.4 Å². The number of aliphatic imine (C=N–C) groups is 1. The standard InChI is InChI=1S/C22H29N5O.HI/c1-17-7-6-10-20(25-17)26-21(28)11-13-24-22(23-2)27-14-12-19(16-27)15-18-8-4-3-5-9-18;/h3-10,19H,11-16H2,1-2H3,(H,23,24)(H,25,26,28);1H. The molecule has 7 heteroatoms. The van der Waals surface area contributed by atoms with Gasteiger partial charge in [0, 0.05) is 38.8 Å². The Morgan fingerprint density at radius 2 is 2.00 bits per heavy atom. The van der Waals surface area contributed by atoms with Crippen LogP contribution in [-0.2, 0) is 11.2 Å². The summed E-state index contributed by atoms with van der Waals surface area (Å²) < 4.78 is 0. The molecular weight excluding hydrogens is 477 g/mol. The molecule has 1 amide bonds. The lowest BCUT2D eigenvalue weighted by Crippen LogP contribution is -2.41. The van der Waals surface area contributed by atoms with Crippen molar-refractivity contribution < 1.29 is 4.79 Å². The maximum Gasteiger partial charge on any atom is 0.227 e. The van der Waals surface area contributed by atoms with Crippen molar-refractivity contribution in [1.82, 2.24) is 15.2 Å². The highest BCUT2D eigenvalue weighted by atomic mass is 127. The third-order valence-corrected chi connectivity index (χ3v) is 4.96. The summed E-state index contributed by atoms with van der Waals surface area (Å²) in [6.07, 6.45) is 2.63. The van der Waals surface area contributed by atoms with Crippen LogP contribution < -0.4 is 10.6 Å². The lowest BCUT2D eigenvalue weighted by atomic mass is 9.99. The Bertz CT molecular complexity index is 812. The number of aryl methyl sites for hydroxylation is 1. The Balaban J connectivity index is 0.00000300. The summed E-state index contributed by atoms with van der Waals surface area (Å²) in [5.41, 5.74) is 2.27. The van der Waals surface area contributed by atoms with Gasteiger partial charge in [-0.2, -0.15) is 0 Å². The van der Waals surface area contributed by atoms with Gasteiger partial charge in [0.2, 0.25) is 5.91 Å². The van der Waals surface area contributed by atoms with Crippen molar-refractivity contribution in [3.8, 4) is 0 Å². The van der Waals surface area contributed by atoms with Crippen LogP contribution >= 0.6 is 24.0 Å². The van der Waals surface area contributed by atoms with Gasteiger partial charge < -0.3 is 15.5 Å². The zero-order chi connectivity index (χ0) is 19.8. The number of benzene rings is 1. The molecule has 1 aliphatic heterocycles.